The van der Waals surface area contributed by atoms with Crippen LogP contribution in [0.5, 0.6) is 0 Å². The Labute approximate surface area is 129 Å². The number of hydrogen-bond acceptors (Lipinski definition) is 3. The first-order chi connectivity index (χ1) is 10.1. The minimum absolute atomic E-state index is 0.167. The molecule has 0 radical (unpaired) electrons. The van der Waals surface area contributed by atoms with E-state index in [1.807, 2.05) is 42.2 Å². The second-order valence-electron chi connectivity index (χ2n) is 4.94. The average Bonchev–Trinajstić information content (AvgIpc) is 2.99. The number of benzene rings is 2. The molecule has 2 aromatic carbocycles. The number of aliphatic hydroxyl groups is 2. The molecular weight excluding hydrogens is 329 g/mol. The summed E-state index contributed by atoms with van der Waals surface area (Å²) >= 11 is -0.167. The van der Waals surface area contributed by atoms with Gasteiger partial charge in [-0.25, -0.2) is 0 Å². The summed E-state index contributed by atoms with van der Waals surface area (Å²) in [5.74, 6) is -2.00. The van der Waals surface area contributed by atoms with Gasteiger partial charge in [-0.15, -0.1) is 0 Å². The molecule has 3 nitrogen and oxygen atoms in total. The van der Waals surface area contributed by atoms with E-state index in [0.29, 0.717) is 10.1 Å². The fraction of sp³-hybridized carbons (Fsp3) is 0.118. The van der Waals surface area contributed by atoms with Crippen LogP contribution in [0.1, 0.15) is 15.7 Å². The molecule has 0 fully saturated rings. The Morgan fingerprint density at radius 2 is 1.62 bits per heavy atom. The van der Waals surface area contributed by atoms with Crippen LogP contribution in [0.4, 0.5) is 0 Å². The van der Waals surface area contributed by atoms with Gasteiger partial charge in [-0.1, -0.05) is 0 Å². The second kappa shape index (κ2) is 5.58. The van der Waals surface area contributed by atoms with Crippen molar-refractivity contribution in [3.8, 4) is 11.3 Å². The Morgan fingerprint density at radius 1 is 0.952 bits per heavy atom. The van der Waals surface area contributed by atoms with Crippen molar-refractivity contribution in [3.05, 3.63) is 75.2 Å². The first-order valence-corrected chi connectivity index (χ1v) is 8.45. The maximum absolute atomic E-state index is 10.4. The van der Waals surface area contributed by atoms with Gasteiger partial charge in [-0.05, 0) is 0 Å². The quantitative estimate of drug-likeness (QED) is 0.566. The second-order valence-corrected chi connectivity index (χ2v) is 6.74. The van der Waals surface area contributed by atoms with Crippen molar-refractivity contribution in [3.63, 3.8) is 0 Å². The summed E-state index contributed by atoms with van der Waals surface area (Å²) in [4.78, 5) is 6.42. The molecule has 3 rings (SSSR count). The van der Waals surface area contributed by atoms with Crippen LogP contribution >= 0.6 is 0 Å². The number of aromatic nitrogens is 1. The van der Waals surface area contributed by atoms with Gasteiger partial charge in [0, 0.05) is 0 Å². The Balaban J connectivity index is 1.96. The zero-order valence-electron chi connectivity index (χ0n) is 11.5. The molecule has 0 aliphatic carbocycles. The van der Waals surface area contributed by atoms with Crippen LogP contribution in [0, 0.1) is 6.92 Å². The first kappa shape index (κ1) is 14.2. The van der Waals surface area contributed by atoms with E-state index in [-0.39, 0.29) is 14.5 Å². The van der Waals surface area contributed by atoms with Gasteiger partial charge in [0.25, 0.3) is 0 Å². The van der Waals surface area contributed by atoms with Gasteiger partial charge >= 0.3 is 129 Å². The van der Waals surface area contributed by atoms with Gasteiger partial charge in [-0.3, -0.25) is 0 Å². The SMILES string of the molecule is Cc1ccc(-c2c[se]c(C(O)(O)c3ccccc3)n2)cc1. The van der Waals surface area contributed by atoms with E-state index < -0.39 is 5.79 Å². The van der Waals surface area contributed by atoms with Crippen molar-refractivity contribution >= 4 is 14.5 Å². The Bertz CT molecular complexity index is 733. The maximum atomic E-state index is 10.4. The number of aryl methyl sites for hydroxylation is 1. The number of nitrogens with zero attached hydrogens (tertiary/aromatic N) is 1. The Kier molecular flexibility index (Phi) is 3.79. The molecule has 4 heteroatoms. The normalized spacial score (nSPS) is 11.6. The van der Waals surface area contributed by atoms with Crippen LogP contribution < -0.4 is 0 Å². The van der Waals surface area contributed by atoms with Crippen LogP contribution in [-0.2, 0) is 5.79 Å². The molecule has 0 atom stereocenters. The predicted octanol–water partition coefficient (Wildman–Crippen LogP) is 2.30. The number of hydrogen-bond donors (Lipinski definition) is 2. The number of rotatable bonds is 3. The third-order valence-corrected chi connectivity index (χ3v) is 5.30. The van der Waals surface area contributed by atoms with E-state index in [4.69, 9.17) is 0 Å². The topological polar surface area (TPSA) is 53.4 Å². The summed E-state index contributed by atoms with van der Waals surface area (Å²) in [6, 6.07) is 16.9. The van der Waals surface area contributed by atoms with Crippen LogP contribution in [0.3, 0.4) is 0 Å². The molecule has 3 aromatic rings. The van der Waals surface area contributed by atoms with E-state index >= 15 is 0 Å². The fourth-order valence-electron chi connectivity index (χ4n) is 2.08. The average molecular weight is 344 g/mol. The zero-order valence-corrected chi connectivity index (χ0v) is 13.2. The molecule has 1 heterocycles. The van der Waals surface area contributed by atoms with Gasteiger partial charge in [0.1, 0.15) is 0 Å². The standard InChI is InChI=1S/C17H15NO2Se/c1-12-7-9-13(10-8-12)15-11-21-16(18-15)17(19,20)14-5-3-2-4-6-14/h2-11,19-20H,1H3. The summed E-state index contributed by atoms with van der Waals surface area (Å²) in [5.41, 5.74) is 3.45. The van der Waals surface area contributed by atoms with Gasteiger partial charge in [0.15, 0.2) is 0 Å². The fourth-order valence-corrected chi connectivity index (χ4v) is 3.86. The monoisotopic (exact) mass is 345 g/mol. The molecule has 2 N–H and O–H groups in total. The van der Waals surface area contributed by atoms with Crippen LogP contribution in [0.15, 0.2) is 59.5 Å². The predicted molar refractivity (Wildman–Crippen MR) is 83.0 cm³/mol. The minimum atomic E-state index is -2.00. The summed E-state index contributed by atoms with van der Waals surface area (Å²) in [6.45, 7) is 2.04. The Morgan fingerprint density at radius 3 is 2.29 bits per heavy atom. The van der Waals surface area contributed by atoms with Gasteiger partial charge < -0.3 is 0 Å². The molecule has 0 spiro atoms. The Hall–Kier alpha value is -1.71. The molecule has 0 saturated carbocycles. The van der Waals surface area contributed by atoms with Crippen molar-refractivity contribution in [1.29, 1.82) is 0 Å². The van der Waals surface area contributed by atoms with E-state index in [9.17, 15) is 10.2 Å². The van der Waals surface area contributed by atoms with Crippen molar-refractivity contribution in [1.82, 2.24) is 4.98 Å². The van der Waals surface area contributed by atoms with Crippen molar-refractivity contribution in [2.75, 3.05) is 0 Å². The molecule has 21 heavy (non-hydrogen) atoms. The zero-order chi connectivity index (χ0) is 14.9. The van der Waals surface area contributed by atoms with E-state index in [1.54, 1.807) is 24.3 Å². The van der Waals surface area contributed by atoms with Crippen molar-refractivity contribution < 1.29 is 10.2 Å². The van der Waals surface area contributed by atoms with E-state index in [1.165, 1.54) is 5.56 Å². The van der Waals surface area contributed by atoms with Gasteiger partial charge in [-0.2, -0.15) is 0 Å². The molecule has 0 saturated heterocycles. The summed E-state index contributed by atoms with van der Waals surface area (Å²) in [6.07, 6.45) is 0. The van der Waals surface area contributed by atoms with Gasteiger partial charge in [0.05, 0.1) is 0 Å². The van der Waals surface area contributed by atoms with Gasteiger partial charge in [0.2, 0.25) is 0 Å². The molecule has 0 aliphatic heterocycles. The third kappa shape index (κ3) is 2.85. The van der Waals surface area contributed by atoms with Crippen molar-refractivity contribution in [2.45, 2.75) is 12.7 Å². The van der Waals surface area contributed by atoms with Crippen molar-refractivity contribution in [2.24, 2.45) is 0 Å². The van der Waals surface area contributed by atoms with Crippen LogP contribution in [0.25, 0.3) is 11.3 Å². The van der Waals surface area contributed by atoms with Crippen LogP contribution in [-0.4, -0.2) is 29.7 Å². The molecule has 0 bridgehead atoms. The molecule has 106 valence electrons. The first-order valence-electron chi connectivity index (χ1n) is 6.60. The third-order valence-electron chi connectivity index (χ3n) is 3.33. The molecule has 0 aliphatic rings. The van der Waals surface area contributed by atoms with E-state index in [2.05, 4.69) is 4.98 Å². The molecule has 0 unspecified atom stereocenters. The summed E-state index contributed by atoms with van der Waals surface area (Å²) < 4.78 is 0.414. The molecule has 0 amide bonds. The summed E-state index contributed by atoms with van der Waals surface area (Å²) in [7, 11) is 0. The molecular formula is C17H15NO2Se. The summed E-state index contributed by atoms with van der Waals surface area (Å²) in [5, 5.41) is 20.8. The van der Waals surface area contributed by atoms with Crippen LogP contribution in [0.2, 0.25) is 0 Å². The molecule has 1 aromatic heterocycles. The van der Waals surface area contributed by atoms with E-state index in [0.717, 1.165) is 11.3 Å².